The monoisotopic (exact) mass is 654 g/mol. The first kappa shape index (κ1) is 30.7. The molecule has 0 amide bonds. The quantitative estimate of drug-likeness (QED) is 0.123. The fraction of sp³-hybridized carbons (Fsp3) is 0.0612. The van der Waals surface area contributed by atoms with Gasteiger partial charge in [-0.25, -0.2) is 0 Å². The average molecular weight is 655 g/mol. The predicted octanol–water partition coefficient (Wildman–Crippen LogP) is 13.8. The van der Waals surface area contributed by atoms with Crippen molar-refractivity contribution in [3.8, 4) is 16.8 Å². The normalized spacial score (nSPS) is 12.3. The minimum Gasteiger partial charge on any atom is -0.310 e. The molecule has 0 aliphatic carbocycles. The molecule has 9 aromatic rings. The summed E-state index contributed by atoms with van der Waals surface area (Å²) in [6, 6.07) is 53.4. The van der Waals surface area contributed by atoms with Gasteiger partial charge in [0, 0.05) is 33.5 Å². The van der Waals surface area contributed by atoms with Gasteiger partial charge < -0.3 is 9.47 Å². The number of hydrogen-bond acceptors (Lipinski definition) is 1. The maximum absolute atomic E-state index is 4.36. The van der Waals surface area contributed by atoms with Gasteiger partial charge in [0.15, 0.2) is 0 Å². The lowest BCUT2D eigenvalue weighted by molar-refractivity contribution is 1.15. The smallest absolute Gasteiger partial charge is 0.0553 e. The third-order valence-electron chi connectivity index (χ3n) is 10.3. The summed E-state index contributed by atoms with van der Waals surface area (Å²) in [6.45, 7) is 10.6. The Balaban J connectivity index is 1.24. The molecule has 0 aliphatic rings. The van der Waals surface area contributed by atoms with E-state index in [2.05, 4.69) is 194 Å². The zero-order chi connectivity index (χ0) is 34.6. The Labute approximate surface area is 298 Å². The van der Waals surface area contributed by atoms with Crippen molar-refractivity contribution in [3.05, 3.63) is 187 Å². The Kier molecular flexibility index (Phi) is 7.33. The number of benzene rings is 8. The second kappa shape index (κ2) is 12.2. The topological polar surface area (TPSA) is 8.17 Å². The molecule has 0 radical (unpaired) electrons. The summed E-state index contributed by atoms with van der Waals surface area (Å²) in [6.07, 6.45) is 6.29. The molecule has 0 atom stereocenters. The maximum atomic E-state index is 4.36. The third kappa shape index (κ3) is 4.87. The van der Waals surface area contributed by atoms with Gasteiger partial charge in [-0.15, -0.1) is 0 Å². The van der Waals surface area contributed by atoms with E-state index in [0.29, 0.717) is 0 Å². The van der Waals surface area contributed by atoms with Crippen LogP contribution in [0.5, 0.6) is 0 Å². The first-order chi connectivity index (χ1) is 25.0. The molecule has 0 bridgehead atoms. The molecule has 2 heteroatoms. The van der Waals surface area contributed by atoms with Crippen molar-refractivity contribution in [1.29, 1.82) is 0 Å². The Morgan fingerprint density at radius 1 is 0.627 bits per heavy atom. The molecule has 0 N–H and O–H groups in total. The lowest BCUT2D eigenvalue weighted by Gasteiger charge is -2.29. The predicted molar refractivity (Wildman–Crippen MR) is 221 cm³/mol. The van der Waals surface area contributed by atoms with Crippen molar-refractivity contribution in [2.24, 2.45) is 0 Å². The highest BCUT2D eigenvalue weighted by molar-refractivity contribution is 6.34. The molecular weight excluding hydrogens is 617 g/mol. The van der Waals surface area contributed by atoms with Gasteiger partial charge in [0.1, 0.15) is 0 Å². The van der Waals surface area contributed by atoms with Crippen LogP contribution >= 0.6 is 0 Å². The number of allylic oxidation sites excluding steroid dienone is 4. The summed E-state index contributed by atoms with van der Waals surface area (Å²) in [5, 5.41) is 10.3. The van der Waals surface area contributed by atoms with Crippen LogP contribution in [-0.4, -0.2) is 4.57 Å². The van der Waals surface area contributed by atoms with Crippen molar-refractivity contribution in [2.45, 2.75) is 20.8 Å². The molecular formula is C49H38N2. The van der Waals surface area contributed by atoms with Crippen LogP contribution < -0.4 is 4.90 Å². The number of nitrogens with zero attached hydrogens (tertiary/aromatic N) is 2. The minimum atomic E-state index is 1.01. The average Bonchev–Trinajstić information content (AvgIpc) is 3.50. The fourth-order valence-corrected chi connectivity index (χ4v) is 8.04. The third-order valence-corrected chi connectivity index (χ3v) is 10.3. The molecule has 51 heavy (non-hydrogen) atoms. The molecule has 0 fully saturated rings. The summed E-state index contributed by atoms with van der Waals surface area (Å²) in [7, 11) is 0. The van der Waals surface area contributed by atoms with E-state index in [1.54, 1.807) is 0 Å². The first-order valence-corrected chi connectivity index (χ1v) is 17.7. The number of rotatable bonds is 7. The second-order valence-electron chi connectivity index (χ2n) is 13.5. The molecule has 0 aliphatic heterocycles. The van der Waals surface area contributed by atoms with Gasteiger partial charge in [-0.3, -0.25) is 0 Å². The number of fused-ring (bicyclic) bond motifs is 4. The van der Waals surface area contributed by atoms with E-state index >= 15 is 0 Å². The number of aromatic nitrogens is 1. The van der Waals surface area contributed by atoms with Crippen LogP contribution in [0.4, 0.5) is 11.4 Å². The second-order valence-corrected chi connectivity index (χ2v) is 13.5. The van der Waals surface area contributed by atoms with Crippen LogP contribution in [0.3, 0.4) is 0 Å². The molecule has 1 aromatic heterocycles. The van der Waals surface area contributed by atoms with E-state index in [9.17, 15) is 0 Å². The summed E-state index contributed by atoms with van der Waals surface area (Å²) in [5.74, 6) is 0. The molecule has 0 unspecified atom stereocenters. The van der Waals surface area contributed by atoms with E-state index in [1.165, 1.54) is 76.5 Å². The van der Waals surface area contributed by atoms with Crippen molar-refractivity contribution in [3.63, 3.8) is 0 Å². The highest BCUT2D eigenvalue weighted by Crippen LogP contribution is 2.45. The summed E-state index contributed by atoms with van der Waals surface area (Å²) < 4.78 is 2.42. The van der Waals surface area contributed by atoms with Gasteiger partial charge >= 0.3 is 0 Å². The van der Waals surface area contributed by atoms with E-state index in [0.717, 1.165) is 22.6 Å². The molecule has 0 saturated carbocycles. The van der Waals surface area contributed by atoms with Gasteiger partial charge in [-0.1, -0.05) is 122 Å². The van der Waals surface area contributed by atoms with Crippen LogP contribution in [-0.2, 0) is 0 Å². The maximum Gasteiger partial charge on any atom is 0.0553 e. The molecule has 1 heterocycles. The molecule has 2 nitrogen and oxygen atoms in total. The van der Waals surface area contributed by atoms with Crippen LogP contribution in [0.25, 0.3) is 70.9 Å². The Morgan fingerprint density at radius 3 is 2.10 bits per heavy atom. The summed E-state index contributed by atoms with van der Waals surface area (Å²) in [4.78, 5) is 2.32. The van der Waals surface area contributed by atoms with Gasteiger partial charge in [0.2, 0.25) is 0 Å². The molecule has 9 rings (SSSR count). The Morgan fingerprint density at radius 2 is 1.31 bits per heavy atom. The van der Waals surface area contributed by atoms with Gasteiger partial charge in [0.05, 0.1) is 11.0 Å². The van der Waals surface area contributed by atoms with Gasteiger partial charge in [-0.2, -0.15) is 0 Å². The first-order valence-electron chi connectivity index (χ1n) is 17.7. The highest BCUT2D eigenvalue weighted by Gasteiger charge is 2.21. The minimum absolute atomic E-state index is 1.01. The van der Waals surface area contributed by atoms with Crippen LogP contribution in [0, 0.1) is 6.92 Å². The van der Waals surface area contributed by atoms with E-state index in [4.69, 9.17) is 0 Å². The molecule has 8 aromatic carbocycles. The van der Waals surface area contributed by atoms with Crippen LogP contribution in [0.15, 0.2) is 182 Å². The Hall–Kier alpha value is -6.38. The summed E-state index contributed by atoms with van der Waals surface area (Å²) in [5.41, 5.74) is 11.6. The lowest BCUT2D eigenvalue weighted by Crippen LogP contribution is -2.18. The van der Waals surface area contributed by atoms with E-state index in [-0.39, 0.29) is 0 Å². The number of para-hydroxylation sites is 3. The standard InChI is InChI=1S/C49H38N2/c1-5-6-18-43(32(2)3)50(44-19-12-10-14-33(44)4)38-26-23-34(24-27-38)39-28-25-35-21-22-36-31-46-49(42-30-29-40(39)47(35)48(36)42)41-17-11-13-20-45(41)51(46)37-15-8-7-9-16-37/h5-31H,2H2,1,3-4H3/b6-5-,43-18+. The zero-order valence-corrected chi connectivity index (χ0v) is 29.2. The molecule has 0 spiro atoms. The highest BCUT2D eigenvalue weighted by atomic mass is 15.2. The number of anilines is 2. The number of aryl methyl sites for hydroxylation is 1. The fourth-order valence-electron chi connectivity index (χ4n) is 8.04. The molecule has 0 saturated heterocycles. The van der Waals surface area contributed by atoms with Crippen LogP contribution in [0.2, 0.25) is 0 Å². The molecule has 244 valence electrons. The van der Waals surface area contributed by atoms with Crippen molar-refractivity contribution >= 4 is 65.5 Å². The van der Waals surface area contributed by atoms with Crippen molar-refractivity contribution < 1.29 is 0 Å². The van der Waals surface area contributed by atoms with Gasteiger partial charge in [0.25, 0.3) is 0 Å². The van der Waals surface area contributed by atoms with Crippen LogP contribution in [0.1, 0.15) is 19.4 Å². The van der Waals surface area contributed by atoms with Gasteiger partial charge in [-0.05, 0) is 124 Å². The van der Waals surface area contributed by atoms with Crippen molar-refractivity contribution in [2.75, 3.05) is 4.90 Å². The SMILES string of the molecule is C=C(C)/C(=C\C=C/C)N(c1ccc(-c2ccc3ccc4cc5c(c6ccc2c3c46)c2ccccc2n5-c2ccccc2)cc1)c1ccccc1C. The van der Waals surface area contributed by atoms with E-state index in [1.807, 2.05) is 6.92 Å². The zero-order valence-electron chi connectivity index (χ0n) is 29.2. The Bertz CT molecular complexity index is 2830. The lowest BCUT2D eigenvalue weighted by atomic mass is 9.88. The van der Waals surface area contributed by atoms with E-state index < -0.39 is 0 Å². The summed E-state index contributed by atoms with van der Waals surface area (Å²) >= 11 is 0. The number of hydrogen-bond donors (Lipinski definition) is 0. The largest absolute Gasteiger partial charge is 0.310 e. The van der Waals surface area contributed by atoms with Crippen molar-refractivity contribution in [1.82, 2.24) is 4.57 Å².